The third kappa shape index (κ3) is 3.61. The van der Waals surface area contributed by atoms with E-state index in [1.807, 2.05) is 25.2 Å². The summed E-state index contributed by atoms with van der Waals surface area (Å²) in [4.78, 5) is 0. The molecule has 0 unspecified atom stereocenters. The number of hydrogen-bond donors (Lipinski definition) is 1. The summed E-state index contributed by atoms with van der Waals surface area (Å²) in [5.41, 5.74) is 2.41. The van der Waals surface area contributed by atoms with E-state index < -0.39 is 0 Å². The molecule has 1 heterocycles. The highest BCUT2D eigenvalue weighted by molar-refractivity contribution is 5.29. The van der Waals surface area contributed by atoms with Crippen molar-refractivity contribution in [3.63, 3.8) is 0 Å². The van der Waals surface area contributed by atoms with Gasteiger partial charge in [0, 0.05) is 5.56 Å². The van der Waals surface area contributed by atoms with E-state index in [9.17, 15) is 0 Å². The molecule has 3 heteroatoms. The summed E-state index contributed by atoms with van der Waals surface area (Å²) in [6, 6.07) is 10.2. The molecule has 0 aliphatic heterocycles. The molecule has 2 rings (SSSR count). The molecule has 0 radical (unpaired) electrons. The average Bonchev–Trinajstić information content (AvgIpc) is 2.85. The molecule has 0 saturated carbocycles. The van der Waals surface area contributed by atoms with Crippen LogP contribution < -0.4 is 10.1 Å². The van der Waals surface area contributed by atoms with E-state index >= 15 is 0 Å². The van der Waals surface area contributed by atoms with Crippen LogP contribution in [0.1, 0.15) is 36.7 Å². The topological polar surface area (TPSA) is 34.4 Å². The van der Waals surface area contributed by atoms with Gasteiger partial charge in [-0.15, -0.1) is 0 Å². The van der Waals surface area contributed by atoms with Crippen LogP contribution in [0.25, 0.3) is 0 Å². The van der Waals surface area contributed by atoms with Gasteiger partial charge in [0.2, 0.25) is 0 Å². The second-order valence-corrected chi connectivity index (χ2v) is 4.91. The highest BCUT2D eigenvalue weighted by Gasteiger charge is 2.06. The van der Waals surface area contributed by atoms with Crippen LogP contribution in [0, 0.1) is 0 Å². The van der Waals surface area contributed by atoms with Crippen LogP contribution in [-0.2, 0) is 13.2 Å². The third-order valence-electron chi connectivity index (χ3n) is 3.12. The predicted molar refractivity (Wildman–Crippen MR) is 76.3 cm³/mol. The lowest BCUT2D eigenvalue weighted by molar-refractivity contribution is 0.301. The lowest BCUT2D eigenvalue weighted by atomic mass is 10.0. The molecule has 0 saturated heterocycles. The van der Waals surface area contributed by atoms with Crippen LogP contribution >= 0.6 is 0 Å². The van der Waals surface area contributed by atoms with Gasteiger partial charge < -0.3 is 14.5 Å². The van der Waals surface area contributed by atoms with Gasteiger partial charge >= 0.3 is 0 Å². The Morgan fingerprint density at radius 2 is 1.89 bits per heavy atom. The van der Waals surface area contributed by atoms with Crippen molar-refractivity contribution in [3.05, 3.63) is 53.5 Å². The van der Waals surface area contributed by atoms with Crippen LogP contribution in [0.3, 0.4) is 0 Å². The van der Waals surface area contributed by atoms with Crippen LogP contribution in [0.2, 0.25) is 0 Å². The number of nitrogens with one attached hydrogen (secondary N) is 1. The van der Waals surface area contributed by atoms with Gasteiger partial charge in [-0.1, -0.05) is 26.0 Å². The molecule has 1 aromatic heterocycles. The number of furan rings is 1. The predicted octanol–water partition coefficient (Wildman–Crippen LogP) is 3.70. The smallest absolute Gasteiger partial charge is 0.124 e. The second-order valence-electron chi connectivity index (χ2n) is 4.91. The molecule has 0 bridgehead atoms. The van der Waals surface area contributed by atoms with Crippen LogP contribution in [-0.4, -0.2) is 7.05 Å². The van der Waals surface area contributed by atoms with Crippen molar-refractivity contribution in [3.8, 4) is 5.75 Å². The number of hydrogen-bond acceptors (Lipinski definition) is 3. The van der Waals surface area contributed by atoms with Crippen molar-refractivity contribution >= 4 is 0 Å². The Bertz CT molecular complexity index is 500. The van der Waals surface area contributed by atoms with Gasteiger partial charge in [0.1, 0.15) is 18.1 Å². The summed E-state index contributed by atoms with van der Waals surface area (Å²) < 4.78 is 11.2. The van der Waals surface area contributed by atoms with Crippen molar-refractivity contribution in [2.75, 3.05) is 7.05 Å². The van der Waals surface area contributed by atoms with E-state index in [-0.39, 0.29) is 0 Å². The monoisotopic (exact) mass is 259 g/mol. The number of benzene rings is 1. The summed E-state index contributed by atoms with van der Waals surface area (Å²) in [6.45, 7) is 5.63. The first kappa shape index (κ1) is 13.7. The van der Waals surface area contributed by atoms with Gasteiger partial charge in [-0.05, 0) is 36.7 Å². The van der Waals surface area contributed by atoms with Crippen LogP contribution in [0.4, 0.5) is 0 Å². The van der Waals surface area contributed by atoms with Crippen molar-refractivity contribution in [2.24, 2.45) is 0 Å². The lowest BCUT2D eigenvalue weighted by Gasteiger charge is -2.09. The Morgan fingerprint density at radius 1 is 1.16 bits per heavy atom. The maximum atomic E-state index is 5.78. The summed E-state index contributed by atoms with van der Waals surface area (Å²) in [6.07, 6.45) is 1.70. The fourth-order valence-electron chi connectivity index (χ4n) is 1.92. The zero-order valence-corrected chi connectivity index (χ0v) is 11.8. The summed E-state index contributed by atoms with van der Waals surface area (Å²) in [5.74, 6) is 2.37. The molecule has 2 aromatic rings. The Kier molecular flexibility index (Phi) is 4.63. The number of ether oxygens (including phenoxy) is 1. The molecule has 1 aromatic carbocycles. The van der Waals surface area contributed by atoms with Gasteiger partial charge in [-0.2, -0.15) is 0 Å². The van der Waals surface area contributed by atoms with Crippen LogP contribution in [0.5, 0.6) is 5.75 Å². The number of rotatable bonds is 6. The van der Waals surface area contributed by atoms with Crippen molar-refractivity contribution in [2.45, 2.75) is 32.9 Å². The fraction of sp³-hybridized carbons (Fsp3) is 0.375. The molecule has 1 N–H and O–H groups in total. The molecular weight excluding hydrogens is 238 g/mol. The van der Waals surface area contributed by atoms with E-state index in [1.54, 1.807) is 6.26 Å². The molecule has 0 aliphatic rings. The molecule has 102 valence electrons. The fourth-order valence-corrected chi connectivity index (χ4v) is 1.92. The van der Waals surface area contributed by atoms with Gasteiger partial charge in [0.25, 0.3) is 0 Å². The molecule has 19 heavy (non-hydrogen) atoms. The van der Waals surface area contributed by atoms with E-state index in [2.05, 4.69) is 31.3 Å². The summed E-state index contributed by atoms with van der Waals surface area (Å²) >= 11 is 0. The highest BCUT2D eigenvalue weighted by Crippen LogP contribution is 2.20. The SMILES string of the molecule is CNCc1occc1COc1ccc(C(C)C)cc1. The van der Waals surface area contributed by atoms with E-state index in [1.165, 1.54) is 5.56 Å². The van der Waals surface area contributed by atoms with Gasteiger partial charge in [0.15, 0.2) is 0 Å². The van der Waals surface area contributed by atoms with E-state index in [0.717, 1.165) is 23.6 Å². The van der Waals surface area contributed by atoms with Crippen molar-refractivity contribution in [1.82, 2.24) is 5.32 Å². The van der Waals surface area contributed by atoms with Crippen LogP contribution in [0.15, 0.2) is 41.0 Å². The zero-order valence-electron chi connectivity index (χ0n) is 11.8. The molecule has 0 spiro atoms. The molecular formula is C16H21NO2. The largest absolute Gasteiger partial charge is 0.489 e. The molecule has 0 fully saturated rings. The Labute approximate surface area is 114 Å². The second kappa shape index (κ2) is 6.43. The Morgan fingerprint density at radius 3 is 2.53 bits per heavy atom. The molecule has 0 amide bonds. The molecule has 3 nitrogen and oxygen atoms in total. The van der Waals surface area contributed by atoms with Crippen molar-refractivity contribution in [1.29, 1.82) is 0 Å². The zero-order chi connectivity index (χ0) is 13.7. The quantitative estimate of drug-likeness (QED) is 0.859. The maximum absolute atomic E-state index is 5.78. The molecule has 0 aliphatic carbocycles. The minimum atomic E-state index is 0.536. The first-order valence-corrected chi connectivity index (χ1v) is 6.63. The van der Waals surface area contributed by atoms with Gasteiger partial charge in [0.05, 0.1) is 12.8 Å². The normalized spacial score (nSPS) is 10.9. The third-order valence-corrected chi connectivity index (χ3v) is 3.12. The average molecular weight is 259 g/mol. The first-order chi connectivity index (χ1) is 9.20. The van der Waals surface area contributed by atoms with Gasteiger partial charge in [-0.25, -0.2) is 0 Å². The maximum Gasteiger partial charge on any atom is 0.124 e. The van der Waals surface area contributed by atoms with Gasteiger partial charge in [-0.3, -0.25) is 0 Å². The minimum Gasteiger partial charge on any atom is -0.489 e. The highest BCUT2D eigenvalue weighted by atomic mass is 16.5. The Balaban J connectivity index is 1.96. The Hall–Kier alpha value is -1.74. The summed E-state index contributed by atoms with van der Waals surface area (Å²) in [7, 11) is 1.90. The summed E-state index contributed by atoms with van der Waals surface area (Å²) in [5, 5.41) is 3.08. The lowest BCUT2D eigenvalue weighted by Crippen LogP contribution is -2.07. The van der Waals surface area contributed by atoms with Crippen molar-refractivity contribution < 1.29 is 9.15 Å². The van der Waals surface area contributed by atoms with E-state index in [4.69, 9.17) is 9.15 Å². The molecule has 0 atom stereocenters. The van der Waals surface area contributed by atoms with E-state index in [0.29, 0.717) is 12.5 Å². The standard InChI is InChI=1S/C16H21NO2/c1-12(2)13-4-6-15(7-5-13)19-11-14-8-9-18-16(14)10-17-3/h4-9,12,17H,10-11H2,1-3H3. The first-order valence-electron chi connectivity index (χ1n) is 6.63. The minimum absolute atomic E-state index is 0.536.